The second-order valence-electron chi connectivity index (χ2n) is 7.15. The molecule has 2 amide bonds. The highest BCUT2D eigenvalue weighted by Crippen LogP contribution is 2.50. The fraction of sp³-hybridized carbons (Fsp3) is 0.400. The van der Waals surface area contributed by atoms with E-state index in [0.29, 0.717) is 49.2 Å². The minimum atomic E-state index is -0.0247. The Morgan fingerprint density at radius 1 is 1.00 bits per heavy atom. The first kappa shape index (κ1) is 16.6. The van der Waals surface area contributed by atoms with Gasteiger partial charge in [0.2, 0.25) is 12.7 Å². The van der Waals surface area contributed by atoms with E-state index in [0.717, 1.165) is 6.42 Å². The van der Waals surface area contributed by atoms with Crippen molar-refractivity contribution >= 4 is 23.2 Å². The molecule has 1 saturated carbocycles. The fourth-order valence-electron chi connectivity index (χ4n) is 3.86. The van der Waals surface area contributed by atoms with Gasteiger partial charge in [-0.1, -0.05) is 6.07 Å². The maximum atomic E-state index is 12.8. The topological polar surface area (TPSA) is 59.1 Å². The first-order valence-electron chi connectivity index (χ1n) is 9.22. The van der Waals surface area contributed by atoms with E-state index in [-0.39, 0.29) is 24.5 Å². The Bertz CT molecular complexity index is 874. The normalized spacial score (nSPS) is 23.4. The van der Waals surface area contributed by atoms with Crippen molar-refractivity contribution in [1.29, 1.82) is 0 Å². The molecule has 2 aromatic rings. The third-order valence-electron chi connectivity index (χ3n) is 5.51. The summed E-state index contributed by atoms with van der Waals surface area (Å²) in [4.78, 5) is 30.5. The van der Waals surface area contributed by atoms with Crippen LogP contribution >= 0.6 is 11.3 Å². The number of hydrogen-bond donors (Lipinski definition) is 0. The van der Waals surface area contributed by atoms with Crippen molar-refractivity contribution in [3.63, 3.8) is 0 Å². The first-order chi connectivity index (χ1) is 13.2. The monoisotopic (exact) mass is 384 g/mol. The van der Waals surface area contributed by atoms with Gasteiger partial charge in [0.05, 0.1) is 0 Å². The van der Waals surface area contributed by atoms with Gasteiger partial charge >= 0.3 is 0 Å². The molecule has 0 radical (unpaired) electrons. The third-order valence-corrected chi connectivity index (χ3v) is 6.52. The van der Waals surface area contributed by atoms with Crippen LogP contribution in [0.5, 0.6) is 11.5 Å². The minimum absolute atomic E-state index is 0.0247. The zero-order chi connectivity index (χ0) is 18.4. The van der Waals surface area contributed by atoms with Crippen LogP contribution in [0.15, 0.2) is 35.7 Å². The Hall–Kier alpha value is -2.54. The SMILES string of the molecule is O=C(c1ccc2c(c1)OCO2)N1CCN(C(=O)[C@H]2C[C@@H]2c2cccs2)CC1. The highest BCUT2D eigenvalue weighted by Gasteiger charge is 2.46. The van der Waals surface area contributed by atoms with Gasteiger partial charge in [0.25, 0.3) is 5.91 Å². The number of thiophene rings is 1. The molecule has 0 spiro atoms. The molecule has 0 bridgehead atoms. The van der Waals surface area contributed by atoms with Gasteiger partial charge < -0.3 is 19.3 Å². The zero-order valence-electron chi connectivity index (χ0n) is 14.8. The van der Waals surface area contributed by atoms with Gasteiger partial charge in [-0.05, 0) is 36.1 Å². The lowest BCUT2D eigenvalue weighted by atomic mass is 10.1. The van der Waals surface area contributed by atoms with Gasteiger partial charge in [-0.3, -0.25) is 9.59 Å². The average Bonchev–Trinajstić information content (AvgIpc) is 3.10. The summed E-state index contributed by atoms with van der Waals surface area (Å²) in [6.45, 7) is 2.53. The third kappa shape index (κ3) is 3.06. The molecule has 2 aliphatic heterocycles. The average molecular weight is 384 g/mol. The summed E-state index contributed by atoms with van der Waals surface area (Å²) in [7, 11) is 0. The van der Waals surface area contributed by atoms with E-state index in [4.69, 9.17) is 9.47 Å². The van der Waals surface area contributed by atoms with E-state index in [1.165, 1.54) is 4.88 Å². The number of hydrogen-bond acceptors (Lipinski definition) is 5. The molecule has 2 fully saturated rings. The smallest absolute Gasteiger partial charge is 0.254 e. The van der Waals surface area contributed by atoms with Crippen molar-refractivity contribution in [3.05, 3.63) is 46.2 Å². The lowest BCUT2D eigenvalue weighted by Crippen LogP contribution is -2.51. The van der Waals surface area contributed by atoms with Crippen LogP contribution in [0.3, 0.4) is 0 Å². The molecule has 7 heteroatoms. The lowest BCUT2D eigenvalue weighted by molar-refractivity contribution is -0.134. The number of fused-ring (bicyclic) bond motifs is 1. The number of rotatable bonds is 3. The summed E-state index contributed by atoms with van der Waals surface area (Å²) in [5.74, 6) is 2.02. The molecular weight excluding hydrogens is 364 g/mol. The van der Waals surface area contributed by atoms with Crippen LogP contribution in [0.2, 0.25) is 0 Å². The molecule has 140 valence electrons. The summed E-state index contributed by atoms with van der Waals surface area (Å²) in [6.07, 6.45) is 0.954. The van der Waals surface area contributed by atoms with Gasteiger partial charge in [0, 0.05) is 48.5 Å². The molecule has 0 unspecified atom stereocenters. The van der Waals surface area contributed by atoms with Crippen molar-refractivity contribution in [1.82, 2.24) is 9.80 Å². The molecular formula is C20H20N2O4S. The second kappa shape index (κ2) is 6.56. The number of ether oxygens (including phenoxy) is 2. The molecule has 1 saturated heterocycles. The van der Waals surface area contributed by atoms with Crippen LogP contribution in [0.25, 0.3) is 0 Å². The first-order valence-corrected chi connectivity index (χ1v) is 10.1. The van der Waals surface area contributed by atoms with E-state index in [2.05, 4.69) is 11.4 Å². The van der Waals surface area contributed by atoms with Gasteiger partial charge in [-0.2, -0.15) is 0 Å². The molecule has 27 heavy (non-hydrogen) atoms. The standard InChI is InChI=1S/C20H20N2O4S/c23-19(13-3-4-16-17(10-13)26-12-25-16)21-5-7-22(8-6-21)20(24)15-11-14(15)18-2-1-9-27-18/h1-4,9-10,14-15H,5-8,11-12H2/t14-,15-/m0/s1. The summed E-state index contributed by atoms with van der Waals surface area (Å²) >= 11 is 1.73. The van der Waals surface area contributed by atoms with Crippen molar-refractivity contribution in [2.45, 2.75) is 12.3 Å². The second-order valence-corrected chi connectivity index (χ2v) is 8.13. The predicted octanol–water partition coefficient (Wildman–Crippen LogP) is 2.56. The van der Waals surface area contributed by atoms with Crippen LogP contribution in [-0.4, -0.2) is 54.6 Å². The van der Waals surface area contributed by atoms with Crippen molar-refractivity contribution < 1.29 is 19.1 Å². The number of carbonyl (C=O) groups excluding carboxylic acids is 2. The summed E-state index contributed by atoms with van der Waals surface area (Å²) in [5, 5.41) is 2.07. The molecule has 1 aromatic carbocycles. The minimum Gasteiger partial charge on any atom is -0.454 e. The Balaban J connectivity index is 1.18. The van der Waals surface area contributed by atoms with E-state index in [9.17, 15) is 9.59 Å². The largest absolute Gasteiger partial charge is 0.454 e. The van der Waals surface area contributed by atoms with Gasteiger partial charge in [0.15, 0.2) is 11.5 Å². The van der Waals surface area contributed by atoms with Crippen molar-refractivity contribution in [2.24, 2.45) is 5.92 Å². The highest BCUT2D eigenvalue weighted by molar-refractivity contribution is 7.10. The Morgan fingerprint density at radius 2 is 1.78 bits per heavy atom. The number of benzene rings is 1. The summed E-state index contributed by atoms with van der Waals surface area (Å²) < 4.78 is 10.6. The van der Waals surface area contributed by atoms with Crippen LogP contribution in [0, 0.1) is 5.92 Å². The Labute approximate surface area is 161 Å². The molecule has 0 N–H and O–H groups in total. The molecule has 5 rings (SSSR count). The highest BCUT2D eigenvalue weighted by atomic mass is 32.1. The maximum absolute atomic E-state index is 12.8. The lowest BCUT2D eigenvalue weighted by Gasteiger charge is -2.35. The van der Waals surface area contributed by atoms with Gasteiger partial charge in [-0.25, -0.2) is 0 Å². The zero-order valence-corrected chi connectivity index (χ0v) is 15.6. The Morgan fingerprint density at radius 3 is 2.56 bits per heavy atom. The number of amides is 2. The number of piperazine rings is 1. The maximum Gasteiger partial charge on any atom is 0.254 e. The quantitative estimate of drug-likeness (QED) is 0.816. The van der Waals surface area contributed by atoms with Crippen LogP contribution in [-0.2, 0) is 4.79 Å². The number of carbonyl (C=O) groups is 2. The molecule has 1 aromatic heterocycles. The fourth-order valence-corrected chi connectivity index (χ4v) is 4.77. The van der Waals surface area contributed by atoms with Gasteiger partial charge in [-0.15, -0.1) is 11.3 Å². The van der Waals surface area contributed by atoms with E-state index in [1.54, 1.807) is 29.5 Å². The molecule has 1 aliphatic carbocycles. The Kier molecular flexibility index (Phi) is 4.04. The van der Waals surface area contributed by atoms with E-state index in [1.807, 2.05) is 15.9 Å². The van der Waals surface area contributed by atoms with Crippen molar-refractivity contribution in [2.75, 3.05) is 33.0 Å². The van der Waals surface area contributed by atoms with E-state index < -0.39 is 0 Å². The molecule has 2 atom stereocenters. The number of nitrogens with zero attached hydrogens (tertiary/aromatic N) is 2. The summed E-state index contributed by atoms with van der Waals surface area (Å²) in [5.41, 5.74) is 0.596. The van der Waals surface area contributed by atoms with Crippen LogP contribution < -0.4 is 9.47 Å². The van der Waals surface area contributed by atoms with Crippen LogP contribution in [0.4, 0.5) is 0 Å². The molecule has 6 nitrogen and oxygen atoms in total. The van der Waals surface area contributed by atoms with Crippen molar-refractivity contribution in [3.8, 4) is 11.5 Å². The molecule has 3 heterocycles. The van der Waals surface area contributed by atoms with Crippen LogP contribution in [0.1, 0.15) is 27.6 Å². The predicted molar refractivity (Wildman–Crippen MR) is 100 cm³/mol. The van der Waals surface area contributed by atoms with Gasteiger partial charge in [0.1, 0.15) is 0 Å². The molecule has 3 aliphatic rings. The van der Waals surface area contributed by atoms with E-state index >= 15 is 0 Å². The summed E-state index contributed by atoms with van der Waals surface area (Å²) in [6, 6.07) is 9.43.